The lowest BCUT2D eigenvalue weighted by Crippen LogP contribution is -2.34. The number of hydrogen-bond donors (Lipinski definition) is 1. The Kier molecular flexibility index (Phi) is 4.39. The molecule has 1 fully saturated rings. The lowest BCUT2D eigenvalue weighted by atomic mass is 10.1. The standard InChI is InChI=1S/C18H22N2O/c21-18(19-16-9-3-1-2-4-10-16)15-8-7-11-17(14-15)20-12-5-6-13-20/h5-8,11-14,16H,1-4,9-10H2,(H,19,21). The second kappa shape index (κ2) is 6.61. The summed E-state index contributed by atoms with van der Waals surface area (Å²) in [7, 11) is 0. The van der Waals surface area contributed by atoms with Gasteiger partial charge < -0.3 is 9.88 Å². The van der Waals surface area contributed by atoms with Crippen molar-refractivity contribution < 1.29 is 4.79 Å². The van der Waals surface area contributed by atoms with E-state index in [0.29, 0.717) is 6.04 Å². The number of nitrogens with zero attached hydrogens (tertiary/aromatic N) is 1. The SMILES string of the molecule is O=C(NC1CCCCCC1)c1cccc(-n2cccc2)c1. The summed E-state index contributed by atoms with van der Waals surface area (Å²) in [5.74, 6) is 0.0518. The number of amides is 1. The summed E-state index contributed by atoms with van der Waals surface area (Å²) in [5.41, 5.74) is 1.76. The molecule has 3 heteroatoms. The van der Waals surface area contributed by atoms with Crippen molar-refractivity contribution in [1.82, 2.24) is 9.88 Å². The number of rotatable bonds is 3. The van der Waals surface area contributed by atoms with Gasteiger partial charge in [-0.1, -0.05) is 31.7 Å². The molecule has 0 saturated heterocycles. The van der Waals surface area contributed by atoms with E-state index in [9.17, 15) is 4.79 Å². The van der Waals surface area contributed by atoms with Gasteiger partial charge in [0.05, 0.1) is 0 Å². The van der Waals surface area contributed by atoms with Crippen LogP contribution in [0, 0.1) is 0 Å². The molecule has 1 aliphatic carbocycles. The third kappa shape index (κ3) is 3.54. The molecular formula is C18H22N2O. The molecule has 1 aromatic heterocycles. The third-order valence-corrected chi connectivity index (χ3v) is 4.20. The average molecular weight is 282 g/mol. The first-order valence-corrected chi connectivity index (χ1v) is 7.87. The zero-order valence-corrected chi connectivity index (χ0v) is 12.3. The van der Waals surface area contributed by atoms with E-state index in [2.05, 4.69) is 5.32 Å². The Morgan fingerprint density at radius 1 is 1.00 bits per heavy atom. The van der Waals surface area contributed by atoms with Crippen molar-refractivity contribution >= 4 is 5.91 Å². The molecule has 21 heavy (non-hydrogen) atoms. The van der Waals surface area contributed by atoms with Crippen molar-refractivity contribution in [3.63, 3.8) is 0 Å². The Bertz CT molecular complexity index is 581. The van der Waals surface area contributed by atoms with Gasteiger partial charge in [-0.25, -0.2) is 0 Å². The van der Waals surface area contributed by atoms with Gasteiger partial charge >= 0.3 is 0 Å². The summed E-state index contributed by atoms with van der Waals surface area (Å²) in [6, 6.07) is 12.1. The fourth-order valence-corrected chi connectivity index (χ4v) is 3.01. The number of aromatic nitrogens is 1. The minimum atomic E-state index is 0.0518. The van der Waals surface area contributed by atoms with Crippen LogP contribution in [-0.4, -0.2) is 16.5 Å². The number of carbonyl (C=O) groups is 1. The molecule has 1 saturated carbocycles. The van der Waals surface area contributed by atoms with Gasteiger partial charge in [0.2, 0.25) is 0 Å². The summed E-state index contributed by atoms with van der Waals surface area (Å²) in [6.07, 6.45) is 11.3. The van der Waals surface area contributed by atoms with E-state index in [1.165, 1.54) is 25.7 Å². The number of hydrogen-bond acceptors (Lipinski definition) is 1. The highest BCUT2D eigenvalue weighted by Gasteiger charge is 2.15. The number of benzene rings is 1. The van der Waals surface area contributed by atoms with Crippen molar-refractivity contribution in [3.05, 3.63) is 54.4 Å². The van der Waals surface area contributed by atoms with Crippen LogP contribution in [0.3, 0.4) is 0 Å². The maximum Gasteiger partial charge on any atom is 0.251 e. The summed E-state index contributed by atoms with van der Waals surface area (Å²) in [6.45, 7) is 0. The minimum Gasteiger partial charge on any atom is -0.349 e. The van der Waals surface area contributed by atoms with Gasteiger partial charge in [-0.3, -0.25) is 4.79 Å². The van der Waals surface area contributed by atoms with E-state index in [-0.39, 0.29) is 5.91 Å². The summed E-state index contributed by atoms with van der Waals surface area (Å²) < 4.78 is 2.02. The first-order chi connectivity index (χ1) is 10.3. The topological polar surface area (TPSA) is 34.0 Å². The van der Waals surface area contributed by atoms with Gasteiger partial charge in [0, 0.05) is 29.7 Å². The van der Waals surface area contributed by atoms with Crippen LogP contribution in [0.2, 0.25) is 0 Å². The van der Waals surface area contributed by atoms with Crippen molar-refractivity contribution in [2.24, 2.45) is 0 Å². The smallest absolute Gasteiger partial charge is 0.251 e. The quantitative estimate of drug-likeness (QED) is 0.850. The minimum absolute atomic E-state index is 0.0518. The van der Waals surface area contributed by atoms with E-state index in [1.807, 2.05) is 53.4 Å². The fraction of sp³-hybridized carbons (Fsp3) is 0.389. The molecule has 1 aliphatic rings. The Balaban J connectivity index is 1.71. The lowest BCUT2D eigenvalue weighted by molar-refractivity contribution is 0.0933. The maximum atomic E-state index is 12.4. The summed E-state index contributed by atoms with van der Waals surface area (Å²) in [5, 5.41) is 3.20. The normalized spacial score (nSPS) is 16.4. The molecule has 0 atom stereocenters. The number of carbonyl (C=O) groups excluding carboxylic acids is 1. The Labute approximate surface area is 126 Å². The molecule has 0 spiro atoms. The van der Waals surface area contributed by atoms with Crippen molar-refractivity contribution in [1.29, 1.82) is 0 Å². The Morgan fingerprint density at radius 3 is 2.43 bits per heavy atom. The summed E-state index contributed by atoms with van der Waals surface area (Å²) >= 11 is 0. The van der Waals surface area contributed by atoms with Crippen LogP contribution in [-0.2, 0) is 0 Å². The van der Waals surface area contributed by atoms with Crippen molar-refractivity contribution in [2.75, 3.05) is 0 Å². The second-order valence-corrected chi connectivity index (χ2v) is 5.80. The molecular weight excluding hydrogens is 260 g/mol. The van der Waals surface area contributed by atoms with E-state index in [0.717, 1.165) is 24.1 Å². The predicted molar refractivity (Wildman–Crippen MR) is 84.7 cm³/mol. The van der Waals surface area contributed by atoms with E-state index >= 15 is 0 Å². The van der Waals surface area contributed by atoms with Crippen molar-refractivity contribution in [3.8, 4) is 5.69 Å². The highest BCUT2D eigenvalue weighted by Crippen LogP contribution is 2.18. The monoisotopic (exact) mass is 282 g/mol. The van der Waals surface area contributed by atoms with Crippen LogP contribution in [0.15, 0.2) is 48.8 Å². The summed E-state index contributed by atoms with van der Waals surface area (Å²) in [4.78, 5) is 12.4. The van der Waals surface area contributed by atoms with Crippen LogP contribution < -0.4 is 5.32 Å². The molecule has 2 aromatic rings. The maximum absolute atomic E-state index is 12.4. The largest absolute Gasteiger partial charge is 0.349 e. The van der Waals surface area contributed by atoms with Crippen LogP contribution in [0.1, 0.15) is 48.9 Å². The molecule has 0 aliphatic heterocycles. The highest BCUT2D eigenvalue weighted by molar-refractivity contribution is 5.94. The molecule has 110 valence electrons. The molecule has 0 bridgehead atoms. The van der Waals surface area contributed by atoms with Gasteiger partial charge in [0.25, 0.3) is 5.91 Å². The first-order valence-electron chi connectivity index (χ1n) is 7.87. The Morgan fingerprint density at radius 2 is 1.71 bits per heavy atom. The van der Waals surface area contributed by atoms with Gasteiger partial charge in [0.15, 0.2) is 0 Å². The predicted octanol–water partition coefficient (Wildman–Crippen LogP) is 3.93. The van der Waals surface area contributed by atoms with E-state index in [4.69, 9.17) is 0 Å². The molecule has 1 aromatic carbocycles. The van der Waals surface area contributed by atoms with Gasteiger partial charge in [0.1, 0.15) is 0 Å². The van der Waals surface area contributed by atoms with Gasteiger partial charge in [-0.05, 0) is 43.2 Å². The zero-order chi connectivity index (χ0) is 14.5. The zero-order valence-electron chi connectivity index (χ0n) is 12.3. The molecule has 0 unspecified atom stereocenters. The van der Waals surface area contributed by atoms with E-state index in [1.54, 1.807) is 0 Å². The van der Waals surface area contributed by atoms with Crippen LogP contribution >= 0.6 is 0 Å². The highest BCUT2D eigenvalue weighted by atomic mass is 16.1. The second-order valence-electron chi connectivity index (χ2n) is 5.80. The van der Waals surface area contributed by atoms with Crippen LogP contribution in [0.25, 0.3) is 5.69 Å². The van der Waals surface area contributed by atoms with Crippen LogP contribution in [0.4, 0.5) is 0 Å². The van der Waals surface area contributed by atoms with E-state index < -0.39 is 0 Å². The molecule has 1 heterocycles. The third-order valence-electron chi connectivity index (χ3n) is 4.20. The average Bonchev–Trinajstić information content (AvgIpc) is 2.93. The fourth-order valence-electron chi connectivity index (χ4n) is 3.01. The molecule has 1 N–H and O–H groups in total. The molecule has 3 nitrogen and oxygen atoms in total. The molecule has 0 radical (unpaired) electrons. The lowest BCUT2D eigenvalue weighted by Gasteiger charge is -2.16. The van der Waals surface area contributed by atoms with Crippen LogP contribution in [0.5, 0.6) is 0 Å². The molecule has 3 rings (SSSR count). The Hall–Kier alpha value is -2.03. The van der Waals surface area contributed by atoms with Gasteiger partial charge in [-0.15, -0.1) is 0 Å². The first kappa shape index (κ1) is 13.9. The number of nitrogens with one attached hydrogen (secondary N) is 1. The molecule has 1 amide bonds. The van der Waals surface area contributed by atoms with Gasteiger partial charge in [-0.2, -0.15) is 0 Å². The van der Waals surface area contributed by atoms with Crippen molar-refractivity contribution in [2.45, 2.75) is 44.6 Å².